The van der Waals surface area contributed by atoms with E-state index in [2.05, 4.69) is 68.3 Å². The molecule has 2 unspecified atom stereocenters. The second kappa shape index (κ2) is 6.67. The first-order valence-corrected chi connectivity index (χ1v) is 7.34. The minimum Gasteiger partial charge on any atom is -0.310 e. The second-order valence-electron chi connectivity index (χ2n) is 5.46. The van der Waals surface area contributed by atoms with Crippen molar-refractivity contribution in [1.82, 2.24) is 10.3 Å². The first kappa shape index (κ1) is 14.7. The number of pyridine rings is 1. The lowest BCUT2D eigenvalue weighted by molar-refractivity contribution is 0.477. The summed E-state index contributed by atoms with van der Waals surface area (Å²) >= 11 is 0. The molecule has 2 aromatic rings. The van der Waals surface area contributed by atoms with Gasteiger partial charge >= 0.3 is 0 Å². The Hall–Kier alpha value is -1.67. The number of benzene rings is 1. The Morgan fingerprint density at radius 2 is 1.80 bits per heavy atom. The molecule has 0 saturated heterocycles. The molecule has 0 bridgehead atoms. The molecule has 0 fully saturated rings. The van der Waals surface area contributed by atoms with Gasteiger partial charge in [0.1, 0.15) is 0 Å². The molecule has 0 aliphatic heterocycles. The molecule has 0 amide bonds. The Morgan fingerprint density at radius 1 is 1.10 bits per heavy atom. The number of aromatic nitrogens is 1. The smallest absolute Gasteiger partial charge is 0.0389 e. The van der Waals surface area contributed by atoms with E-state index in [1.807, 2.05) is 12.4 Å². The van der Waals surface area contributed by atoms with Crippen LogP contribution >= 0.6 is 0 Å². The van der Waals surface area contributed by atoms with E-state index >= 15 is 0 Å². The van der Waals surface area contributed by atoms with Crippen molar-refractivity contribution in [3.05, 3.63) is 65.0 Å². The summed E-state index contributed by atoms with van der Waals surface area (Å²) in [5, 5.41) is 3.64. The summed E-state index contributed by atoms with van der Waals surface area (Å²) in [5.41, 5.74) is 5.39. The van der Waals surface area contributed by atoms with Gasteiger partial charge in [0.15, 0.2) is 0 Å². The van der Waals surface area contributed by atoms with E-state index in [0.29, 0.717) is 12.0 Å². The van der Waals surface area contributed by atoms with E-state index < -0.39 is 0 Å². The molecule has 0 radical (unpaired) electrons. The Kier molecular flexibility index (Phi) is 4.91. The van der Waals surface area contributed by atoms with Crippen LogP contribution in [0.2, 0.25) is 0 Å². The van der Waals surface area contributed by atoms with E-state index in [1.165, 1.54) is 22.3 Å². The molecule has 0 saturated carbocycles. The van der Waals surface area contributed by atoms with Gasteiger partial charge in [-0.1, -0.05) is 37.6 Å². The Morgan fingerprint density at radius 3 is 2.45 bits per heavy atom. The fourth-order valence-electron chi connectivity index (χ4n) is 2.73. The number of nitrogens with zero attached hydrogens (tertiary/aromatic N) is 1. The van der Waals surface area contributed by atoms with Crippen LogP contribution in [0.4, 0.5) is 0 Å². The van der Waals surface area contributed by atoms with Gasteiger partial charge in [0.05, 0.1) is 0 Å². The van der Waals surface area contributed by atoms with Crippen molar-refractivity contribution in [3.8, 4) is 0 Å². The summed E-state index contributed by atoms with van der Waals surface area (Å²) in [6.45, 7) is 9.76. The molecular formula is C18H24N2. The molecule has 2 nitrogen and oxygen atoms in total. The van der Waals surface area contributed by atoms with Gasteiger partial charge in [-0.3, -0.25) is 4.98 Å². The molecule has 0 aliphatic carbocycles. The molecule has 0 aliphatic rings. The maximum atomic E-state index is 4.12. The van der Waals surface area contributed by atoms with Gasteiger partial charge in [0, 0.05) is 24.4 Å². The normalized spacial score (nSPS) is 14.0. The lowest BCUT2D eigenvalue weighted by Crippen LogP contribution is -2.26. The number of aryl methyl sites for hydroxylation is 2. The molecule has 1 heterocycles. The predicted octanol–water partition coefficient (Wildman–Crippen LogP) is 4.15. The Labute approximate surface area is 122 Å². The minimum absolute atomic E-state index is 0.335. The van der Waals surface area contributed by atoms with Crippen LogP contribution in [0, 0.1) is 13.8 Å². The number of hydrogen-bond donors (Lipinski definition) is 1. The first-order valence-electron chi connectivity index (χ1n) is 7.34. The predicted molar refractivity (Wildman–Crippen MR) is 85.0 cm³/mol. The highest BCUT2D eigenvalue weighted by Gasteiger charge is 2.21. The van der Waals surface area contributed by atoms with Gasteiger partial charge in [-0.15, -0.1) is 0 Å². The third-order valence-corrected chi connectivity index (χ3v) is 3.93. The highest BCUT2D eigenvalue weighted by atomic mass is 14.9. The summed E-state index contributed by atoms with van der Waals surface area (Å²) in [4.78, 5) is 4.12. The highest BCUT2D eigenvalue weighted by Crippen LogP contribution is 2.32. The molecule has 2 rings (SSSR count). The van der Waals surface area contributed by atoms with Crippen LogP contribution in [0.3, 0.4) is 0 Å². The number of nitrogens with one attached hydrogen (secondary N) is 1. The van der Waals surface area contributed by atoms with Crippen molar-refractivity contribution < 1.29 is 0 Å². The zero-order valence-electron chi connectivity index (χ0n) is 12.9. The Balaban J connectivity index is 2.38. The largest absolute Gasteiger partial charge is 0.310 e. The maximum absolute atomic E-state index is 4.12. The van der Waals surface area contributed by atoms with Crippen LogP contribution < -0.4 is 5.32 Å². The third-order valence-electron chi connectivity index (χ3n) is 3.93. The van der Waals surface area contributed by atoms with Crippen LogP contribution in [-0.2, 0) is 0 Å². The fourth-order valence-corrected chi connectivity index (χ4v) is 2.73. The van der Waals surface area contributed by atoms with Gasteiger partial charge < -0.3 is 5.32 Å². The van der Waals surface area contributed by atoms with Crippen molar-refractivity contribution in [2.45, 2.75) is 39.7 Å². The number of hydrogen-bond acceptors (Lipinski definition) is 2. The van der Waals surface area contributed by atoms with E-state index in [-0.39, 0.29) is 0 Å². The summed E-state index contributed by atoms with van der Waals surface area (Å²) < 4.78 is 0. The van der Waals surface area contributed by atoms with Crippen LogP contribution in [-0.4, -0.2) is 11.5 Å². The second-order valence-corrected chi connectivity index (χ2v) is 5.46. The summed E-state index contributed by atoms with van der Waals surface area (Å²) in [7, 11) is 0. The molecule has 20 heavy (non-hydrogen) atoms. The van der Waals surface area contributed by atoms with Gasteiger partial charge in [0.2, 0.25) is 0 Å². The van der Waals surface area contributed by atoms with Crippen molar-refractivity contribution in [3.63, 3.8) is 0 Å². The minimum atomic E-state index is 0.335. The molecule has 1 aromatic heterocycles. The summed E-state index contributed by atoms with van der Waals surface area (Å²) in [6, 6.07) is 11.3. The average molecular weight is 268 g/mol. The van der Waals surface area contributed by atoms with E-state index in [1.54, 1.807) is 0 Å². The molecular weight excluding hydrogens is 244 g/mol. The molecule has 1 N–H and O–H groups in total. The molecule has 1 aromatic carbocycles. The van der Waals surface area contributed by atoms with E-state index in [0.717, 1.165) is 6.54 Å². The van der Waals surface area contributed by atoms with Crippen molar-refractivity contribution in [2.24, 2.45) is 0 Å². The van der Waals surface area contributed by atoms with E-state index in [4.69, 9.17) is 0 Å². The maximum Gasteiger partial charge on any atom is 0.0389 e. The first-order chi connectivity index (χ1) is 9.63. The van der Waals surface area contributed by atoms with Gasteiger partial charge in [-0.05, 0) is 49.2 Å². The van der Waals surface area contributed by atoms with Crippen molar-refractivity contribution in [2.75, 3.05) is 6.54 Å². The zero-order valence-corrected chi connectivity index (χ0v) is 12.9. The lowest BCUT2D eigenvalue weighted by Gasteiger charge is -2.27. The molecule has 0 spiro atoms. The quantitative estimate of drug-likeness (QED) is 0.881. The fraction of sp³-hybridized carbons (Fsp3) is 0.389. The van der Waals surface area contributed by atoms with Crippen molar-refractivity contribution >= 4 is 0 Å². The SMILES string of the molecule is CCNC(c1cc(C)ccc1C)C(C)c1ccncc1. The van der Waals surface area contributed by atoms with Crippen LogP contribution in [0.25, 0.3) is 0 Å². The topological polar surface area (TPSA) is 24.9 Å². The van der Waals surface area contributed by atoms with E-state index in [9.17, 15) is 0 Å². The highest BCUT2D eigenvalue weighted by molar-refractivity contribution is 5.35. The zero-order chi connectivity index (χ0) is 14.5. The summed E-state index contributed by atoms with van der Waals surface area (Å²) in [6.07, 6.45) is 3.75. The van der Waals surface area contributed by atoms with Gasteiger partial charge in [-0.2, -0.15) is 0 Å². The van der Waals surface area contributed by atoms with Crippen LogP contribution in [0.15, 0.2) is 42.7 Å². The molecule has 2 heteroatoms. The summed E-state index contributed by atoms with van der Waals surface area (Å²) in [5.74, 6) is 0.415. The lowest BCUT2D eigenvalue weighted by atomic mass is 9.86. The third kappa shape index (κ3) is 3.26. The van der Waals surface area contributed by atoms with Crippen LogP contribution in [0.5, 0.6) is 0 Å². The Bertz CT molecular complexity index is 549. The number of likely N-dealkylation sites (N-methyl/N-ethyl adjacent to an activating group) is 1. The van der Waals surface area contributed by atoms with Gasteiger partial charge in [0.25, 0.3) is 0 Å². The molecule has 106 valence electrons. The molecule has 2 atom stereocenters. The average Bonchev–Trinajstić information content (AvgIpc) is 2.48. The van der Waals surface area contributed by atoms with Gasteiger partial charge in [-0.25, -0.2) is 0 Å². The monoisotopic (exact) mass is 268 g/mol. The standard InChI is InChI=1S/C18H24N2/c1-5-20-18(15(4)16-8-10-19-11-9-16)17-12-13(2)6-7-14(17)3/h6-12,15,18,20H,5H2,1-4H3. The van der Waals surface area contributed by atoms with Crippen LogP contribution in [0.1, 0.15) is 48.1 Å². The number of rotatable bonds is 5. The van der Waals surface area contributed by atoms with Crippen molar-refractivity contribution in [1.29, 1.82) is 0 Å².